The molecule has 0 aliphatic carbocycles. The molecule has 0 radical (unpaired) electrons. The quantitative estimate of drug-likeness (QED) is 0.541. The molecule has 0 rings (SSSR count). The summed E-state index contributed by atoms with van der Waals surface area (Å²) in [7, 11) is 2.15. The predicted octanol–water partition coefficient (Wildman–Crippen LogP) is 2.39. The maximum Gasteiger partial charge on any atom is 0.0593 e. The van der Waals surface area contributed by atoms with Gasteiger partial charge in [-0.15, -0.1) is 0 Å². The second-order valence-corrected chi connectivity index (χ2v) is 4.10. The number of rotatable bonds is 8. The van der Waals surface area contributed by atoms with E-state index in [9.17, 15) is 0 Å². The smallest absolute Gasteiger partial charge is 0.0593 e. The van der Waals surface area contributed by atoms with Gasteiger partial charge in [0.1, 0.15) is 0 Å². The highest BCUT2D eigenvalue weighted by atomic mass is 16.5. The van der Waals surface area contributed by atoms with Crippen molar-refractivity contribution >= 4 is 0 Å². The Morgan fingerprint density at radius 2 is 1.85 bits per heavy atom. The summed E-state index contributed by atoms with van der Waals surface area (Å²) < 4.78 is 5.52. The van der Waals surface area contributed by atoms with Crippen molar-refractivity contribution in [3.63, 3.8) is 0 Å². The van der Waals surface area contributed by atoms with E-state index in [0.717, 1.165) is 25.7 Å². The average Bonchev–Trinajstić information content (AvgIpc) is 2.03. The first-order valence-corrected chi connectivity index (χ1v) is 5.43. The molecule has 0 aromatic heterocycles. The molecule has 0 saturated heterocycles. The number of hydrogen-bond acceptors (Lipinski definition) is 2. The maximum absolute atomic E-state index is 5.52. The molecule has 0 fully saturated rings. The maximum atomic E-state index is 5.52. The van der Waals surface area contributed by atoms with Gasteiger partial charge in [-0.25, -0.2) is 0 Å². The number of hydrogen-bond donors (Lipinski definition) is 0. The van der Waals surface area contributed by atoms with E-state index in [1.807, 2.05) is 0 Å². The van der Waals surface area contributed by atoms with Crippen LogP contribution in [0.3, 0.4) is 0 Å². The molecule has 0 aliphatic rings. The van der Waals surface area contributed by atoms with Crippen LogP contribution in [0.5, 0.6) is 0 Å². The van der Waals surface area contributed by atoms with Crippen LogP contribution in [0.25, 0.3) is 0 Å². The van der Waals surface area contributed by atoms with Crippen LogP contribution in [0.4, 0.5) is 0 Å². The Bertz CT molecular complexity index is 104. The molecule has 0 aromatic carbocycles. The summed E-state index contributed by atoms with van der Waals surface area (Å²) in [6.07, 6.45) is 2.40. The Morgan fingerprint density at radius 1 is 1.15 bits per heavy atom. The fraction of sp³-hybridized carbons (Fsp3) is 1.00. The third-order valence-corrected chi connectivity index (χ3v) is 2.06. The van der Waals surface area contributed by atoms with Crippen LogP contribution < -0.4 is 0 Å². The van der Waals surface area contributed by atoms with Crippen LogP contribution in [0, 0.1) is 5.92 Å². The first kappa shape index (κ1) is 12.9. The van der Waals surface area contributed by atoms with Crippen molar-refractivity contribution in [1.29, 1.82) is 0 Å². The van der Waals surface area contributed by atoms with E-state index in [1.165, 1.54) is 19.4 Å². The van der Waals surface area contributed by atoms with E-state index in [-0.39, 0.29) is 0 Å². The van der Waals surface area contributed by atoms with Crippen molar-refractivity contribution < 1.29 is 4.74 Å². The highest BCUT2D eigenvalue weighted by molar-refractivity contribution is 4.49. The van der Waals surface area contributed by atoms with Crippen LogP contribution in [-0.2, 0) is 4.74 Å². The minimum atomic E-state index is 0.758. The van der Waals surface area contributed by atoms with Gasteiger partial charge in [0.25, 0.3) is 0 Å². The van der Waals surface area contributed by atoms with Crippen molar-refractivity contribution in [3.05, 3.63) is 0 Å². The largest absolute Gasteiger partial charge is 0.380 e. The Kier molecular flexibility index (Phi) is 8.46. The third kappa shape index (κ3) is 9.84. The van der Waals surface area contributed by atoms with E-state index >= 15 is 0 Å². The summed E-state index contributed by atoms with van der Waals surface area (Å²) in [5.74, 6) is 0.758. The molecule has 2 nitrogen and oxygen atoms in total. The number of ether oxygens (including phenoxy) is 1. The molecule has 0 unspecified atom stereocenters. The molecular weight excluding hydrogens is 162 g/mol. The molecule has 0 aromatic rings. The van der Waals surface area contributed by atoms with E-state index in [2.05, 4.69) is 32.7 Å². The minimum absolute atomic E-state index is 0.758. The Hall–Kier alpha value is -0.0800. The van der Waals surface area contributed by atoms with Gasteiger partial charge in [0.05, 0.1) is 6.61 Å². The second-order valence-electron chi connectivity index (χ2n) is 4.10. The molecule has 0 saturated carbocycles. The zero-order valence-corrected chi connectivity index (χ0v) is 9.68. The second kappa shape index (κ2) is 8.52. The van der Waals surface area contributed by atoms with Crippen molar-refractivity contribution in [2.75, 3.05) is 33.4 Å². The average molecular weight is 187 g/mol. The molecule has 0 N–H and O–H groups in total. The summed E-state index contributed by atoms with van der Waals surface area (Å²) in [4.78, 5) is 2.31. The monoisotopic (exact) mass is 187 g/mol. The minimum Gasteiger partial charge on any atom is -0.380 e. The molecule has 80 valence electrons. The SMILES string of the molecule is CCCN(C)CCOCCC(C)C. The van der Waals surface area contributed by atoms with Gasteiger partial charge >= 0.3 is 0 Å². The summed E-state index contributed by atoms with van der Waals surface area (Å²) in [5.41, 5.74) is 0. The van der Waals surface area contributed by atoms with E-state index in [1.54, 1.807) is 0 Å². The molecule has 13 heavy (non-hydrogen) atoms. The van der Waals surface area contributed by atoms with Crippen molar-refractivity contribution in [2.45, 2.75) is 33.6 Å². The summed E-state index contributed by atoms with van der Waals surface area (Å²) >= 11 is 0. The Labute approximate surface area is 83.3 Å². The third-order valence-electron chi connectivity index (χ3n) is 2.06. The summed E-state index contributed by atoms with van der Waals surface area (Å²) in [5, 5.41) is 0. The van der Waals surface area contributed by atoms with Gasteiger partial charge in [-0.2, -0.15) is 0 Å². The fourth-order valence-corrected chi connectivity index (χ4v) is 1.14. The molecule has 0 amide bonds. The highest BCUT2D eigenvalue weighted by Gasteiger charge is 1.97. The van der Waals surface area contributed by atoms with E-state index in [0.29, 0.717) is 0 Å². The van der Waals surface area contributed by atoms with Gasteiger partial charge in [0, 0.05) is 13.2 Å². The van der Waals surface area contributed by atoms with Crippen molar-refractivity contribution in [2.24, 2.45) is 5.92 Å². The van der Waals surface area contributed by atoms with Crippen molar-refractivity contribution in [1.82, 2.24) is 4.90 Å². The molecule has 0 spiro atoms. The van der Waals surface area contributed by atoms with Crippen molar-refractivity contribution in [3.8, 4) is 0 Å². The standard InChI is InChI=1S/C11H25NO/c1-5-7-12(4)8-10-13-9-6-11(2)3/h11H,5-10H2,1-4H3. The Morgan fingerprint density at radius 3 is 2.38 bits per heavy atom. The molecule has 0 bridgehead atoms. The molecular formula is C11H25NO. The van der Waals surface area contributed by atoms with E-state index in [4.69, 9.17) is 4.74 Å². The normalized spacial score (nSPS) is 11.5. The Balaban J connectivity index is 3.06. The van der Waals surface area contributed by atoms with Gasteiger partial charge < -0.3 is 9.64 Å². The topological polar surface area (TPSA) is 12.5 Å². The molecule has 0 heterocycles. The highest BCUT2D eigenvalue weighted by Crippen LogP contribution is 1.98. The summed E-state index contributed by atoms with van der Waals surface area (Å²) in [6.45, 7) is 10.7. The lowest BCUT2D eigenvalue weighted by atomic mass is 10.1. The van der Waals surface area contributed by atoms with E-state index < -0.39 is 0 Å². The van der Waals surface area contributed by atoms with Gasteiger partial charge in [-0.3, -0.25) is 0 Å². The zero-order valence-electron chi connectivity index (χ0n) is 9.68. The van der Waals surface area contributed by atoms with Gasteiger partial charge in [-0.05, 0) is 32.4 Å². The lowest BCUT2D eigenvalue weighted by Crippen LogP contribution is -2.24. The van der Waals surface area contributed by atoms with Crippen LogP contribution >= 0.6 is 0 Å². The van der Waals surface area contributed by atoms with Crippen LogP contribution in [-0.4, -0.2) is 38.3 Å². The van der Waals surface area contributed by atoms with Crippen LogP contribution in [0.15, 0.2) is 0 Å². The molecule has 0 atom stereocenters. The molecule has 0 aliphatic heterocycles. The molecule has 2 heteroatoms. The van der Waals surface area contributed by atoms with Gasteiger partial charge in [0.15, 0.2) is 0 Å². The zero-order chi connectivity index (χ0) is 10.1. The number of likely N-dealkylation sites (N-methyl/N-ethyl adjacent to an activating group) is 1. The summed E-state index contributed by atoms with van der Waals surface area (Å²) in [6, 6.07) is 0. The van der Waals surface area contributed by atoms with Crippen LogP contribution in [0.2, 0.25) is 0 Å². The van der Waals surface area contributed by atoms with Gasteiger partial charge in [-0.1, -0.05) is 20.8 Å². The van der Waals surface area contributed by atoms with Crippen LogP contribution in [0.1, 0.15) is 33.6 Å². The lowest BCUT2D eigenvalue weighted by molar-refractivity contribution is 0.103. The number of nitrogens with zero attached hydrogens (tertiary/aromatic N) is 1. The van der Waals surface area contributed by atoms with Gasteiger partial charge in [0.2, 0.25) is 0 Å². The first-order chi connectivity index (χ1) is 6.16. The first-order valence-electron chi connectivity index (χ1n) is 5.43. The lowest BCUT2D eigenvalue weighted by Gasteiger charge is -2.15. The fourth-order valence-electron chi connectivity index (χ4n) is 1.14. The predicted molar refractivity (Wildman–Crippen MR) is 58.1 cm³/mol.